The molecule has 1 aromatic heterocycles. The Kier molecular flexibility index (Phi) is 3.21. The summed E-state index contributed by atoms with van der Waals surface area (Å²) in [6, 6.07) is 15.4. The van der Waals surface area contributed by atoms with Crippen molar-refractivity contribution in [3.63, 3.8) is 0 Å². The zero-order valence-electron chi connectivity index (χ0n) is 11.2. The van der Waals surface area contributed by atoms with Gasteiger partial charge in [0.2, 0.25) is 0 Å². The maximum Gasteiger partial charge on any atom is 0.256 e. The van der Waals surface area contributed by atoms with E-state index in [1.165, 1.54) is 0 Å². The van der Waals surface area contributed by atoms with Gasteiger partial charge in [-0.1, -0.05) is 30.3 Å². The molecule has 1 heterocycles. The van der Waals surface area contributed by atoms with Crippen LogP contribution in [0.15, 0.2) is 54.7 Å². The van der Waals surface area contributed by atoms with Gasteiger partial charge >= 0.3 is 0 Å². The zero-order chi connectivity index (χ0) is 13.9. The third kappa shape index (κ3) is 2.40. The Morgan fingerprint density at radius 1 is 1.15 bits per heavy atom. The summed E-state index contributed by atoms with van der Waals surface area (Å²) in [5, 5.41) is 9.23. The van der Waals surface area contributed by atoms with Gasteiger partial charge in [-0.05, 0) is 29.8 Å². The number of nitrogens with one attached hydrogen (secondary N) is 1. The van der Waals surface area contributed by atoms with E-state index in [1.54, 1.807) is 10.7 Å². The van der Waals surface area contributed by atoms with Gasteiger partial charge in [0, 0.05) is 24.4 Å². The number of aryl methyl sites for hydroxylation is 1. The SMILES string of the molecule is CCn1ccc(NC(=O)c2ccc3ccccc3c2)n1. The first-order valence-electron chi connectivity index (χ1n) is 6.60. The van der Waals surface area contributed by atoms with E-state index in [9.17, 15) is 4.79 Å². The summed E-state index contributed by atoms with van der Waals surface area (Å²) < 4.78 is 1.77. The molecule has 3 rings (SSSR count). The van der Waals surface area contributed by atoms with Crippen LogP contribution in [0.2, 0.25) is 0 Å². The second-order valence-electron chi connectivity index (χ2n) is 4.57. The average Bonchev–Trinajstić information content (AvgIpc) is 2.94. The second-order valence-corrected chi connectivity index (χ2v) is 4.57. The summed E-state index contributed by atoms with van der Waals surface area (Å²) in [5.74, 6) is 0.433. The standard InChI is InChI=1S/C16H15N3O/c1-2-19-10-9-15(18-19)17-16(20)14-8-7-12-5-3-4-6-13(12)11-14/h3-11H,2H2,1H3,(H,17,18,20). The third-order valence-corrected chi connectivity index (χ3v) is 3.22. The van der Waals surface area contributed by atoms with Gasteiger partial charge < -0.3 is 5.32 Å². The first kappa shape index (κ1) is 12.4. The molecular formula is C16H15N3O. The zero-order valence-corrected chi connectivity index (χ0v) is 11.2. The van der Waals surface area contributed by atoms with Crippen LogP contribution >= 0.6 is 0 Å². The maximum absolute atomic E-state index is 12.2. The van der Waals surface area contributed by atoms with Crippen molar-refractivity contribution in [2.45, 2.75) is 13.5 Å². The van der Waals surface area contributed by atoms with Gasteiger partial charge in [-0.2, -0.15) is 5.10 Å². The van der Waals surface area contributed by atoms with E-state index >= 15 is 0 Å². The Hall–Kier alpha value is -2.62. The molecule has 0 radical (unpaired) electrons. The fraction of sp³-hybridized carbons (Fsp3) is 0.125. The number of fused-ring (bicyclic) bond motifs is 1. The number of nitrogens with zero attached hydrogens (tertiary/aromatic N) is 2. The predicted molar refractivity (Wildman–Crippen MR) is 79.8 cm³/mol. The van der Waals surface area contributed by atoms with Crippen molar-refractivity contribution in [3.8, 4) is 0 Å². The van der Waals surface area contributed by atoms with Gasteiger partial charge in [-0.15, -0.1) is 0 Å². The highest BCUT2D eigenvalue weighted by Crippen LogP contribution is 2.16. The Labute approximate surface area is 117 Å². The molecule has 0 saturated carbocycles. The summed E-state index contributed by atoms with van der Waals surface area (Å²) in [4.78, 5) is 12.2. The van der Waals surface area contributed by atoms with E-state index in [-0.39, 0.29) is 5.91 Å². The van der Waals surface area contributed by atoms with Crippen molar-refractivity contribution in [2.75, 3.05) is 5.32 Å². The Morgan fingerprint density at radius 3 is 2.70 bits per heavy atom. The average molecular weight is 265 g/mol. The van der Waals surface area contributed by atoms with Gasteiger partial charge in [0.05, 0.1) is 0 Å². The van der Waals surface area contributed by atoms with Gasteiger partial charge in [0.25, 0.3) is 5.91 Å². The van der Waals surface area contributed by atoms with Crippen molar-refractivity contribution in [1.82, 2.24) is 9.78 Å². The fourth-order valence-corrected chi connectivity index (χ4v) is 2.12. The number of hydrogen-bond acceptors (Lipinski definition) is 2. The number of carbonyl (C=O) groups is 1. The van der Waals surface area contributed by atoms with Gasteiger partial charge in [-0.25, -0.2) is 0 Å². The van der Waals surface area contributed by atoms with Crippen LogP contribution in [0.5, 0.6) is 0 Å². The molecule has 100 valence electrons. The summed E-state index contributed by atoms with van der Waals surface area (Å²) in [6.07, 6.45) is 1.84. The Morgan fingerprint density at radius 2 is 1.95 bits per heavy atom. The molecule has 1 amide bonds. The van der Waals surface area contributed by atoms with Crippen LogP contribution in [0.4, 0.5) is 5.82 Å². The molecule has 3 aromatic rings. The normalized spacial score (nSPS) is 10.7. The topological polar surface area (TPSA) is 46.9 Å². The van der Waals surface area contributed by atoms with Crippen molar-refractivity contribution in [3.05, 3.63) is 60.3 Å². The smallest absolute Gasteiger partial charge is 0.256 e. The molecule has 4 nitrogen and oxygen atoms in total. The van der Waals surface area contributed by atoms with E-state index in [0.29, 0.717) is 11.4 Å². The van der Waals surface area contributed by atoms with Crippen LogP contribution in [0.1, 0.15) is 17.3 Å². The minimum absolute atomic E-state index is 0.142. The quantitative estimate of drug-likeness (QED) is 0.789. The van der Waals surface area contributed by atoms with Crippen LogP contribution in [0.25, 0.3) is 10.8 Å². The molecule has 0 fully saturated rings. The van der Waals surface area contributed by atoms with Gasteiger partial charge in [0.15, 0.2) is 5.82 Å². The van der Waals surface area contributed by atoms with Crippen molar-refractivity contribution in [2.24, 2.45) is 0 Å². The maximum atomic E-state index is 12.2. The summed E-state index contributed by atoms with van der Waals surface area (Å²) in [6.45, 7) is 2.79. The van der Waals surface area contributed by atoms with Crippen molar-refractivity contribution >= 4 is 22.5 Å². The summed E-state index contributed by atoms with van der Waals surface area (Å²) >= 11 is 0. The Bertz CT molecular complexity index is 761. The number of rotatable bonds is 3. The first-order valence-corrected chi connectivity index (χ1v) is 6.60. The Balaban J connectivity index is 1.84. The van der Waals surface area contributed by atoms with Crippen LogP contribution in [-0.4, -0.2) is 15.7 Å². The monoisotopic (exact) mass is 265 g/mol. The number of carbonyl (C=O) groups excluding carboxylic acids is 1. The lowest BCUT2D eigenvalue weighted by molar-refractivity contribution is 0.102. The molecule has 2 aromatic carbocycles. The molecule has 0 unspecified atom stereocenters. The highest BCUT2D eigenvalue weighted by molar-refractivity contribution is 6.06. The minimum atomic E-state index is -0.142. The lowest BCUT2D eigenvalue weighted by Crippen LogP contribution is -2.12. The largest absolute Gasteiger partial charge is 0.305 e. The summed E-state index contributed by atoms with van der Waals surface area (Å²) in [5.41, 5.74) is 0.634. The van der Waals surface area contributed by atoms with E-state index in [2.05, 4.69) is 10.4 Å². The number of amides is 1. The lowest BCUT2D eigenvalue weighted by Gasteiger charge is -2.04. The van der Waals surface area contributed by atoms with E-state index < -0.39 is 0 Å². The molecule has 0 atom stereocenters. The molecule has 0 saturated heterocycles. The highest BCUT2D eigenvalue weighted by Gasteiger charge is 2.08. The molecule has 0 aliphatic heterocycles. The third-order valence-electron chi connectivity index (χ3n) is 3.22. The molecule has 20 heavy (non-hydrogen) atoms. The van der Waals surface area contributed by atoms with Crippen molar-refractivity contribution in [1.29, 1.82) is 0 Å². The van der Waals surface area contributed by atoms with E-state index in [4.69, 9.17) is 0 Å². The molecule has 0 spiro atoms. The molecule has 0 aliphatic rings. The fourth-order valence-electron chi connectivity index (χ4n) is 2.12. The number of anilines is 1. The van der Waals surface area contributed by atoms with Gasteiger partial charge in [0.1, 0.15) is 0 Å². The van der Waals surface area contributed by atoms with Crippen LogP contribution in [-0.2, 0) is 6.54 Å². The molecule has 0 bridgehead atoms. The van der Waals surface area contributed by atoms with E-state index in [0.717, 1.165) is 17.3 Å². The lowest BCUT2D eigenvalue weighted by atomic mass is 10.1. The van der Waals surface area contributed by atoms with E-state index in [1.807, 2.05) is 55.6 Å². The van der Waals surface area contributed by atoms with Crippen molar-refractivity contribution < 1.29 is 4.79 Å². The number of hydrogen-bond donors (Lipinski definition) is 1. The van der Waals surface area contributed by atoms with Crippen LogP contribution in [0, 0.1) is 0 Å². The second kappa shape index (κ2) is 5.17. The van der Waals surface area contributed by atoms with Crippen LogP contribution in [0.3, 0.4) is 0 Å². The number of benzene rings is 2. The highest BCUT2D eigenvalue weighted by atomic mass is 16.1. The molecular weight excluding hydrogens is 250 g/mol. The molecule has 0 aliphatic carbocycles. The van der Waals surface area contributed by atoms with Crippen LogP contribution < -0.4 is 5.32 Å². The first-order chi connectivity index (χ1) is 9.76. The number of aromatic nitrogens is 2. The minimum Gasteiger partial charge on any atom is -0.305 e. The predicted octanol–water partition coefficient (Wildman–Crippen LogP) is 3.31. The van der Waals surface area contributed by atoms with Gasteiger partial charge in [-0.3, -0.25) is 9.48 Å². The molecule has 1 N–H and O–H groups in total. The summed E-state index contributed by atoms with van der Waals surface area (Å²) in [7, 11) is 0. The molecule has 4 heteroatoms.